The second-order valence-electron chi connectivity index (χ2n) is 12.2. The maximum absolute atomic E-state index is 2.57. The first-order valence-corrected chi connectivity index (χ1v) is 19.3. The van der Waals surface area contributed by atoms with Crippen molar-refractivity contribution in [2.75, 3.05) is 0 Å². The average molecular weight is 443 g/mol. The first kappa shape index (κ1) is 21.2. The van der Waals surface area contributed by atoms with Crippen LogP contribution in [-0.4, -0.2) is 16.1 Å². The van der Waals surface area contributed by atoms with Crippen molar-refractivity contribution in [3.05, 3.63) is 71.3 Å². The highest BCUT2D eigenvalue weighted by atomic mass is 28.3. The van der Waals surface area contributed by atoms with Gasteiger partial charge in [-0.05, 0) is 47.1 Å². The topological polar surface area (TPSA) is 0 Å². The quantitative estimate of drug-likeness (QED) is 0.385. The van der Waals surface area contributed by atoms with Gasteiger partial charge >= 0.3 is 0 Å². The lowest BCUT2D eigenvalue weighted by Crippen LogP contribution is -2.47. The van der Waals surface area contributed by atoms with Gasteiger partial charge in [0.15, 0.2) is 0 Å². The summed E-state index contributed by atoms with van der Waals surface area (Å²) in [7, 11) is -2.78. The van der Waals surface area contributed by atoms with Gasteiger partial charge < -0.3 is 0 Å². The molecule has 0 aliphatic heterocycles. The van der Waals surface area contributed by atoms with Crippen molar-refractivity contribution >= 4 is 26.5 Å². The third kappa shape index (κ3) is 3.38. The van der Waals surface area contributed by atoms with E-state index in [0.717, 1.165) is 6.42 Å². The largest absolute Gasteiger partial charge is 0.0779 e. The summed E-state index contributed by atoms with van der Waals surface area (Å²) in [6.45, 7) is 15.1. The van der Waals surface area contributed by atoms with Crippen molar-refractivity contribution in [2.24, 2.45) is 5.92 Å². The van der Waals surface area contributed by atoms with Crippen molar-refractivity contribution < 1.29 is 0 Å². The lowest BCUT2D eigenvalue weighted by atomic mass is 9.67. The average Bonchev–Trinajstić information content (AvgIpc) is 3.44. The van der Waals surface area contributed by atoms with Gasteiger partial charge in [-0.3, -0.25) is 0 Å². The van der Waals surface area contributed by atoms with E-state index in [4.69, 9.17) is 0 Å². The highest BCUT2D eigenvalue weighted by molar-refractivity contribution is 6.89. The van der Waals surface area contributed by atoms with Gasteiger partial charge in [0.2, 0.25) is 0 Å². The van der Waals surface area contributed by atoms with Crippen LogP contribution in [0.4, 0.5) is 0 Å². The molecule has 0 N–H and O–H groups in total. The van der Waals surface area contributed by atoms with E-state index in [1.54, 1.807) is 27.1 Å². The number of allylic oxidation sites excluding steroid dienone is 4. The van der Waals surface area contributed by atoms with Gasteiger partial charge in [-0.15, -0.1) is 0 Å². The molecule has 3 aliphatic carbocycles. The molecule has 0 nitrogen and oxygen atoms in total. The van der Waals surface area contributed by atoms with E-state index in [1.165, 1.54) is 36.8 Å². The zero-order chi connectivity index (χ0) is 22.0. The van der Waals surface area contributed by atoms with Crippen LogP contribution in [-0.2, 0) is 11.8 Å². The van der Waals surface area contributed by atoms with Gasteiger partial charge in [0.05, 0.1) is 16.1 Å². The van der Waals surface area contributed by atoms with E-state index in [-0.39, 0.29) is 0 Å². The number of hydrogen-bond acceptors (Lipinski definition) is 0. The van der Waals surface area contributed by atoms with Gasteiger partial charge in [-0.2, -0.15) is 0 Å². The molecule has 2 heteroatoms. The van der Waals surface area contributed by atoms with Crippen LogP contribution in [0.3, 0.4) is 0 Å². The second kappa shape index (κ2) is 7.18. The van der Waals surface area contributed by atoms with Crippen LogP contribution < -0.4 is 10.4 Å². The Balaban J connectivity index is 1.74. The van der Waals surface area contributed by atoms with Crippen molar-refractivity contribution in [1.29, 1.82) is 0 Å². The zero-order valence-electron chi connectivity index (χ0n) is 20.3. The molecular formula is C29H38Si2. The third-order valence-corrected chi connectivity index (χ3v) is 12.2. The maximum Gasteiger partial charge on any atom is 0.0779 e. The van der Waals surface area contributed by atoms with E-state index in [9.17, 15) is 0 Å². The Bertz CT molecular complexity index is 1070. The van der Waals surface area contributed by atoms with Gasteiger partial charge in [-0.1, -0.05) is 117 Å². The molecular weight excluding hydrogens is 404 g/mol. The van der Waals surface area contributed by atoms with Crippen molar-refractivity contribution in [2.45, 2.75) is 76.8 Å². The summed E-state index contributed by atoms with van der Waals surface area (Å²) < 4.78 is 0. The molecule has 0 bridgehead atoms. The van der Waals surface area contributed by atoms with Gasteiger partial charge in [0, 0.05) is 11.3 Å². The highest BCUT2D eigenvalue weighted by Crippen LogP contribution is 2.52. The Hall–Kier alpha value is -1.65. The highest BCUT2D eigenvalue weighted by Gasteiger charge is 2.46. The molecule has 0 unspecified atom stereocenters. The Kier molecular flexibility index (Phi) is 4.91. The molecule has 0 radical (unpaired) electrons. The fourth-order valence-corrected chi connectivity index (χ4v) is 9.42. The van der Waals surface area contributed by atoms with Crippen LogP contribution in [0.1, 0.15) is 42.4 Å². The van der Waals surface area contributed by atoms with Crippen LogP contribution in [0.25, 0.3) is 11.1 Å². The van der Waals surface area contributed by atoms with Crippen LogP contribution in [0.15, 0.2) is 54.6 Å². The summed E-state index contributed by atoms with van der Waals surface area (Å²) >= 11 is 0. The number of hydrogen-bond donors (Lipinski definition) is 0. The summed E-state index contributed by atoms with van der Waals surface area (Å²) in [5, 5.41) is 3.32. The summed E-state index contributed by atoms with van der Waals surface area (Å²) in [4.78, 5) is 0. The van der Waals surface area contributed by atoms with E-state index in [2.05, 4.69) is 93.9 Å². The molecule has 0 saturated heterocycles. The Morgan fingerprint density at radius 1 is 0.774 bits per heavy atom. The molecule has 0 spiro atoms. The summed E-state index contributed by atoms with van der Waals surface area (Å²) in [6, 6.07) is 12.5. The fourth-order valence-electron chi connectivity index (χ4n) is 6.49. The van der Waals surface area contributed by atoms with Crippen LogP contribution in [0.2, 0.25) is 39.3 Å². The molecule has 0 atom stereocenters. The lowest BCUT2D eigenvalue weighted by molar-refractivity contribution is 0.376. The Labute approximate surface area is 191 Å². The predicted molar refractivity (Wildman–Crippen MR) is 143 cm³/mol. The normalized spacial score (nSPS) is 19.8. The van der Waals surface area contributed by atoms with Crippen LogP contribution >= 0.6 is 0 Å². The minimum Gasteiger partial charge on any atom is -0.0767 e. The fraction of sp³-hybridized carbons (Fsp3) is 0.448. The maximum atomic E-state index is 2.57. The molecule has 0 heterocycles. The summed E-state index contributed by atoms with van der Waals surface area (Å²) in [6.07, 6.45) is 16.1. The van der Waals surface area contributed by atoms with E-state index in [0.29, 0.717) is 11.3 Å². The molecule has 1 fully saturated rings. The predicted octanol–water partition coefficient (Wildman–Crippen LogP) is 6.90. The van der Waals surface area contributed by atoms with Crippen molar-refractivity contribution in [3.63, 3.8) is 0 Å². The van der Waals surface area contributed by atoms with Gasteiger partial charge in [0.1, 0.15) is 0 Å². The standard InChI is InChI=1S/C29H38Si2/c1-30(2,3)23-13-14-24-21(19-23)20-26-25(24)15-16-27(31(4,5)6)28(26)29(17-9-10-18-29)22-11-7-8-12-22/h7-8,11-16,19,22H,9-10,17-18,20H2,1-6H3. The first-order chi connectivity index (χ1) is 14.6. The molecule has 2 aromatic carbocycles. The van der Waals surface area contributed by atoms with Crippen molar-refractivity contribution in [1.82, 2.24) is 0 Å². The minimum atomic E-state index is -1.47. The summed E-state index contributed by atoms with van der Waals surface area (Å²) in [5.74, 6) is 0.567. The Morgan fingerprint density at radius 2 is 1.42 bits per heavy atom. The zero-order valence-corrected chi connectivity index (χ0v) is 22.3. The number of fused-ring (bicyclic) bond motifs is 3. The molecule has 0 amide bonds. The summed E-state index contributed by atoms with van der Waals surface area (Å²) in [5.41, 5.74) is 8.37. The number of benzene rings is 2. The van der Waals surface area contributed by atoms with Gasteiger partial charge in [-0.25, -0.2) is 0 Å². The minimum absolute atomic E-state index is 0.300. The monoisotopic (exact) mass is 442 g/mol. The molecule has 2 aromatic rings. The molecule has 162 valence electrons. The SMILES string of the molecule is C[Si](C)(C)c1ccc2c(c1)Cc1c-2ccc([Si](C)(C)C)c1C1(C2C=CC=C2)CCCC1. The number of rotatable bonds is 4. The van der Waals surface area contributed by atoms with E-state index < -0.39 is 16.1 Å². The van der Waals surface area contributed by atoms with Crippen LogP contribution in [0.5, 0.6) is 0 Å². The van der Waals surface area contributed by atoms with E-state index in [1.807, 2.05) is 0 Å². The first-order valence-electron chi connectivity index (χ1n) is 12.3. The Morgan fingerprint density at radius 3 is 2.03 bits per heavy atom. The third-order valence-electron chi connectivity index (χ3n) is 8.13. The van der Waals surface area contributed by atoms with Gasteiger partial charge in [0.25, 0.3) is 0 Å². The van der Waals surface area contributed by atoms with Crippen LogP contribution in [0, 0.1) is 5.92 Å². The molecule has 1 saturated carbocycles. The molecule has 31 heavy (non-hydrogen) atoms. The molecule has 5 rings (SSSR count). The molecule has 3 aliphatic rings. The molecule has 0 aromatic heterocycles. The smallest absolute Gasteiger partial charge is 0.0767 e. The van der Waals surface area contributed by atoms with Crippen molar-refractivity contribution in [3.8, 4) is 11.1 Å². The van der Waals surface area contributed by atoms with E-state index >= 15 is 0 Å². The lowest BCUT2D eigenvalue weighted by Gasteiger charge is -2.40. The second-order valence-corrected chi connectivity index (χ2v) is 22.3.